The molecule has 3 heteroatoms. The van der Waals surface area contributed by atoms with E-state index >= 15 is 0 Å². The van der Waals surface area contributed by atoms with Crippen LogP contribution in [0, 0.1) is 0 Å². The van der Waals surface area contributed by atoms with Gasteiger partial charge in [-0.15, -0.1) is 11.3 Å². The van der Waals surface area contributed by atoms with Crippen LogP contribution in [0.25, 0.3) is 102 Å². The quantitative estimate of drug-likeness (QED) is 0.174. The number of benzene rings is 8. The van der Waals surface area contributed by atoms with E-state index in [4.69, 9.17) is 4.98 Å². The van der Waals surface area contributed by atoms with Gasteiger partial charge in [-0.2, -0.15) is 0 Å². The lowest BCUT2D eigenvalue weighted by Crippen LogP contribution is -1.98. The van der Waals surface area contributed by atoms with Crippen LogP contribution in [0.1, 0.15) is 0 Å². The van der Waals surface area contributed by atoms with E-state index < -0.39 is 0 Å². The molecule has 0 saturated heterocycles. The highest BCUT2D eigenvalue weighted by atomic mass is 32.1. The molecule has 0 radical (unpaired) electrons. The first-order valence-corrected chi connectivity index (χ1v) is 17.9. The molecular weight excluding hydrogens is 625 g/mol. The predicted molar refractivity (Wildman–Crippen MR) is 215 cm³/mol. The molecule has 3 aromatic heterocycles. The van der Waals surface area contributed by atoms with Gasteiger partial charge in [-0.05, 0) is 80.8 Å². The van der Waals surface area contributed by atoms with Crippen LogP contribution in [0.3, 0.4) is 0 Å². The topological polar surface area (TPSA) is 17.8 Å². The Morgan fingerprint density at radius 1 is 0.340 bits per heavy atom. The second kappa shape index (κ2) is 10.6. The van der Waals surface area contributed by atoms with Crippen molar-refractivity contribution in [2.45, 2.75) is 0 Å². The van der Waals surface area contributed by atoms with Crippen LogP contribution in [0.15, 0.2) is 170 Å². The molecule has 0 N–H and O–H groups in total. The molecule has 232 valence electrons. The molecule has 11 aromatic rings. The number of nitrogens with zero attached hydrogens (tertiary/aromatic N) is 2. The zero-order chi connectivity index (χ0) is 32.8. The number of hydrogen-bond acceptors (Lipinski definition) is 2. The van der Waals surface area contributed by atoms with Gasteiger partial charge in [0.25, 0.3) is 0 Å². The molecule has 0 spiro atoms. The lowest BCUT2D eigenvalue weighted by atomic mass is 9.92. The third-order valence-electron chi connectivity index (χ3n) is 10.3. The Hall–Kier alpha value is -6.29. The summed E-state index contributed by atoms with van der Waals surface area (Å²) in [5, 5.41) is 12.9. The number of hydrogen-bond donors (Lipinski definition) is 0. The fourth-order valence-electron chi connectivity index (χ4n) is 8.07. The number of pyridine rings is 1. The van der Waals surface area contributed by atoms with Crippen molar-refractivity contribution in [2.75, 3.05) is 0 Å². The first kappa shape index (κ1) is 27.6. The largest absolute Gasteiger partial charge is 0.309 e. The zero-order valence-electron chi connectivity index (χ0n) is 27.0. The standard InChI is InChI=1S/C47H28N2S/c1-3-13-29(14-4-1)42-23-31(24-43(48-42)30-15-5-2-6-16-30)49-44-21-11-9-19-34(44)40-25-36-32-17-7-8-18-33(32)37-26-41-35-20-10-12-22-46(35)50-47(41)28-39(37)38(36)27-45(40)49/h1-28H. The molecule has 11 rings (SSSR count). The Bertz CT molecular complexity index is 3080. The second-order valence-corrected chi connectivity index (χ2v) is 14.2. The van der Waals surface area contributed by atoms with Crippen molar-refractivity contribution in [1.29, 1.82) is 0 Å². The van der Waals surface area contributed by atoms with Crippen LogP contribution in [-0.4, -0.2) is 9.55 Å². The average Bonchev–Trinajstić information content (AvgIpc) is 3.72. The van der Waals surface area contributed by atoms with E-state index in [1.54, 1.807) is 0 Å². The third kappa shape index (κ3) is 4.05. The Morgan fingerprint density at radius 2 is 0.860 bits per heavy atom. The Labute approximate surface area is 292 Å². The van der Waals surface area contributed by atoms with Gasteiger partial charge < -0.3 is 4.57 Å². The molecule has 0 aliphatic rings. The maximum atomic E-state index is 5.20. The number of thiophene rings is 1. The molecule has 0 fully saturated rings. The van der Waals surface area contributed by atoms with Crippen molar-refractivity contribution in [3.63, 3.8) is 0 Å². The van der Waals surface area contributed by atoms with Gasteiger partial charge in [0.2, 0.25) is 0 Å². The first-order chi connectivity index (χ1) is 24.8. The van der Waals surface area contributed by atoms with Crippen LogP contribution in [0.5, 0.6) is 0 Å². The summed E-state index contributed by atoms with van der Waals surface area (Å²) in [6.07, 6.45) is 0. The second-order valence-electron chi connectivity index (χ2n) is 13.1. The smallest absolute Gasteiger partial charge is 0.0730 e. The highest BCUT2D eigenvalue weighted by Crippen LogP contribution is 2.44. The van der Waals surface area contributed by atoms with Crippen LogP contribution in [0.2, 0.25) is 0 Å². The Balaban J connectivity index is 1.29. The minimum atomic E-state index is 0.956. The van der Waals surface area contributed by atoms with Crippen molar-refractivity contribution in [3.05, 3.63) is 170 Å². The van der Waals surface area contributed by atoms with Crippen molar-refractivity contribution in [3.8, 4) is 28.2 Å². The maximum absolute atomic E-state index is 5.20. The monoisotopic (exact) mass is 652 g/mol. The van der Waals surface area contributed by atoms with Crippen LogP contribution in [0.4, 0.5) is 0 Å². The van der Waals surface area contributed by atoms with Gasteiger partial charge in [0, 0.05) is 42.1 Å². The molecule has 0 unspecified atom stereocenters. The molecule has 8 aromatic carbocycles. The molecule has 0 atom stereocenters. The zero-order valence-corrected chi connectivity index (χ0v) is 27.8. The summed E-state index contributed by atoms with van der Waals surface area (Å²) in [6.45, 7) is 0. The highest BCUT2D eigenvalue weighted by molar-refractivity contribution is 7.25. The summed E-state index contributed by atoms with van der Waals surface area (Å²) in [4.78, 5) is 5.20. The molecule has 50 heavy (non-hydrogen) atoms. The van der Waals surface area contributed by atoms with E-state index in [-0.39, 0.29) is 0 Å². The van der Waals surface area contributed by atoms with E-state index in [1.807, 2.05) is 11.3 Å². The summed E-state index contributed by atoms with van der Waals surface area (Å²) in [7, 11) is 0. The van der Waals surface area contributed by atoms with Crippen molar-refractivity contribution in [2.24, 2.45) is 0 Å². The first-order valence-electron chi connectivity index (χ1n) is 17.0. The lowest BCUT2D eigenvalue weighted by Gasteiger charge is -2.15. The summed E-state index contributed by atoms with van der Waals surface area (Å²) in [5.74, 6) is 0. The molecule has 3 heterocycles. The van der Waals surface area contributed by atoms with Gasteiger partial charge in [0.1, 0.15) is 0 Å². The summed E-state index contributed by atoms with van der Waals surface area (Å²) < 4.78 is 5.10. The van der Waals surface area contributed by atoms with Gasteiger partial charge in [-0.1, -0.05) is 121 Å². The Morgan fingerprint density at radius 3 is 1.54 bits per heavy atom. The van der Waals surface area contributed by atoms with Crippen molar-refractivity contribution >= 4 is 85.6 Å². The van der Waals surface area contributed by atoms with Crippen molar-refractivity contribution in [1.82, 2.24) is 9.55 Å². The van der Waals surface area contributed by atoms with Crippen LogP contribution >= 0.6 is 11.3 Å². The molecule has 0 bridgehead atoms. The van der Waals surface area contributed by atoms with Crippen molar-refractivity contribution < 1.29 is 0 Å². The normalized spacial score (nSPS) is 12.0. The number of fused-ring (bicyclic) bond motifs is 12. The predicted octanol–water partition coefficient (Wildman–Crippen LogP) is 13.3. The van der Waals surface area contributed by atoms with E-state index in [9.17, 15) is 0 Å². The minimum absolute atomic E-state index is 0.956. The van der Waals surface area contributed by atoms with Crippen LogP contribution < -0.4 is 0 Å². The van der Waals surface area contributed by atoms with Gasteiger partial charge in [-0.25, -0.2) is 4.98 Å². The van der Waals surface area contributed by atoms with E-state index in [1.165, 1.54) is 74.3 Å². The third-order valence-corrected chi connectivity index (χ3v) is 11.5. The lowest BCUT2D eigenvalue weighted by molar-refractivity contribution is 1.16. The molecule has 0 amide bonds. The molecule has 0 aliphatic heterocycles. The van der Waals surface area contributed by atoms with Gasteiger partial charge in [0.15, 0.2) is 0 Å². The Kier molecular flexibility index (Phi) is 5.86. The van der Waals surface area contributed by atoms with Gasteiger partial charge in [0.05, 0.1) is 28.1 Å². The van der Waals surface area contributed by atoms with E-state index in [0.29, 0.717) is 0 Å². The number of aromatic nitrogens is 2. The SMILES string of the molecule is c1ccc(-c2cc(-n3c4ccccc4c4cc5c6ccccc6c6cc7c(cc6c5cc43)sc3ccccc37)cc(-c3ccccc3)n2)cc1. The maximum Gasteiger partial charge on any atom is 0.0730 e. The van der Waals surface area contributed by atoms with Crippen LogP contribution in [-0.2, 0) is 0 Å². The summed E-state index contributed by atoms with van der Waals surface area (Å²) in [6, 6.07) is 61.8. The number of para-hydroxylation sites is 1. The van der Waals surface area contributed by atoms with E-state index in [0.717, 1.165) is 28.2 Å². The molecular formula is C47H28N2S. The number of rotatable bonds is 3. The summed E-state index contributed by atoms with van der Waals surface area (Å²) >= 11 is 1.88. The molecule has 0 aliphatic carbocycles. The van der Waals surface area contributed by atoms with E-state index in [2.05, 4.69) is 174 Å². The summed E-state index contributed by atoms with van der Waals surface area (Å²) in [5.41, 5.74) is 7.58. The average molecular weight is 653 g/mol. The van der Waals surface area contributed by atoms with Gasteiger partial charge >= 0.3 is 0 Å². The fraction of sp³-hybridized carbons (Fsp3) is 0. The fourth-order valence-corrected chi connectivity index (χ4v) is 9.19. The minimum Gasteiger partial charge on any atom is -0.309 e. The molecule has 0 saturated carbocycles. The molecule has 2 nitrogen and oxygen atoms in total. The highest BCUT2D eigenvalue weighted by Gasteiger charge is 2.19. The van der Waals surface area contributed by atoms with Gasteiger partial charge in [-0.3, -0.25) is 0 Å².